The first kappa shape index (κ1) is 20.9. The van der Waals surface area contributed by atoms with Gasteiger partial charge < -0.3 is 14.6 Å². The maximum absolute atomic E-state index is 13.2. The minimum Gasteiger partial charge on any atom is -0.503 e. The minimum absolute atomic E-state index is 0.0378. The molecule has 0 spiro atoms. The Balaban J connectivity index is 1.45. The Morgan fingerprint density at radius 3 is 2.69 bits per heavy atom. The average Bonchev–Trinajstić information content (AvgIpc) is 3.17. The maximum atomic E-state index is 13.2. The number of aryl methyl sites for hydroxylation is 1. The van der Waals surface area contributed by atoms with Crippen molar-refractivity contribution in [1.82, 2.24) is 14.4 Å². The summed E-state index contributed by atoms with van der Waals surface area (Å²) < 4.78 is 14.7. The molecule has 1 aromatic heterocycles. The van der Waals surface area contributed by atoms with Crippen molar-refractivity contribution < 1.29 is 19.1 Å². The summed E-state index contributed by atoms with van der Waals surface area (Å²) in [5.74, 6) is -1.78. The predicted molar refractivity (Wildman–Crippen MR) is 115 cm³/mol. The fourth-order valence-corrected chi connectivity index (χ4v) is 5.51. The lowest BCUT2D eigenvalue weighted by molar-refractivity contribution is -0.0554. The standard InChI is InChI=1S/C24H26FN3O4/c1-24-9-2-11-28(24)19-14-26-13-17(18(29)8-5-15-3-6-16(25)7-4-15)21(30)22(31)20(26)23(32)27(19)12-10-24/h3-4,6-7,13,19,31H,2,5,8-12,14H2,1H3/t19-,24+/m1/s1. The summed E-state index contributed by atoms with van der Waals surface area (Å²) in [6.07, 6.45) is 4.70. The molecule has 1 amide bonds. The topological polar surface area (TPSA) is 82.9 Å². The number of hydrogen-bond acceptors (Lipinski definition) is 5. The fourth-order valence-electron chi connectivity index (χ4n) is 5.51. The van der Waals surface area contributed by atoms with Gasteiger partial charge in [-0.1, -0.05) is 12.1 Å². The zero-order valence-corrected chi connectivity index (χ0v) is 18.0. The van der Waals surface area contributed by atoms with Crippen molar-refractivity contribution in [3.8, 4) is 5.75 Å². The highest BCUT2D eigenvalue weighted by Crippen LogP contribution is 2.41. The Bertz CT molecular complexity index is 1160. The number of Topliss-reactive ketones (excluding diaryl/α,β-unsaturated/α-hetero) is 1. The number of fused-ring (bicyclic) bond motifs is 4. The van der Waals surface area contributed by atoms with Crippen LogP contribution in [0.4, 0.5) is 4.39 Å². The fraction of sp³-hybridized carbons (Fsp3) is 0.458. The van der Waals surface area contributed by atoms with E-state index in [1.807, 2.05) is 0 Å². The van der Waals surface area contributed by atoms with Crippen LogP contribution < -0.4 is 5.43 Å². The highest BCUT2D eigenvalue weighted by atomic mass is 19.1. The Hall–Kier alpha value is -3.00. The number of carbonyl (C=O) groups excluding carboxylic acids is 2. The summed E-state index contributed by atoms with van der Waals surface area (Å²) >= 11 is 0. The molecule has 0 radical (unpaired) electrons. The van der Waals surface area contributed by atoms with Crippen LogP contribution in [-0.2, 0) is 13.0 Å². The molecule has 1 aromatic carbocycles. The Morgan fingerprint density at radius 2 is 1.94 bits per heavy atom. The van der Waals surface area contributed by atoms with E-state index in [1.165, 1.54) is 18.3 Å². The number of ketones is 1. The zero-order chi connectivity index (χ0) is 22.6. The van der Waals surface area contributed by atoms with Gasteiger partial charge in [0.2, 0.25) is 5.43 Å². The van der Waals surface area contributed by atoms with Crippen LogP contribution in [0.2, 0.25) is 0 Å². The molecule has 168 valence electrons. The molecule has 4 heterocycles. The van der Waals surface area contributed by atoms with Crippen LogP contribution in [0.25, 0.3) is 0 Å². The van der Waals surface area contributed by atoms with Gasteiger partial charge in [0.1, 0.15) is 12.0 Å². The molecule has 0 bridgehead atoms. The summed E-state index contributed by atoms with van der Waals surface area (Å²) in [7, 11) is 0. The van der Waals surface area contributed by atoms with Crippen molar-refractivity contribution in [3.05, 3.63) is 63.3 Å². The van der Waals surface area contributed by atoms with Crippen molar-refractivity contribution in [2.45, 2.75) is 57.3 Å². The Morgan fingerprint density at radius 1 is 1.19 bits per heavy atom. The van der Waals surface area contributed by atoms with E-state index in [4.69, 9.17) is 0 Å². The molecule has 0 saturated carbocycles. The number of nitrogens with zero attached hydrogens (tertiary/aromatic N) is 3. The van der Waals surface area contributed by atoms with Gasteiger partial charge in [-0.25, -0.2) is 4.39 Å². The number of rotatable bonds is 4. The Kier molecular flexibility index (Phi) is 4.93. The van der Waals surface area contributed by atoms with E-state index in [0.717, 1.165) is 31.4 Å². The van der Waals surface area contributed by atoms with Crippen LogP contribution in [0.5, 0.6) is 5.75 Å². The van der Waals surface area contributed by atoms with Gasteiger partial charge in [-0.05, 0) is 50.3 Å². The van der Waals surface area contributed by atoms with Crippen LogP contribution in [0, 0.1) is 5.82 Å². The lowest BCUT2D eigenvalue weighted by Crippen LogP contribution is -2.65. The number of halogens is 1. The van der Waals surface area contributed by atoms with Crippen LogP contribution in [-0.4, -0.2) is 56.0 Å². The molecule has 1 N–H and O–H groups in total. The van der Waals surface area contributed by atoms with E-state index in [-0.39, 0.29) is 41.1 Å². The molecule has 5 rings (SSSR count). The van der Waals surface area contributed by atoms with E-state index in [2.05, 4.69) is 11.8 Å². The van der Waals surface area contributed by atoms with Crippen molar-refractivity contribution in [2.24, 2.45) is 0 Å². The molecule has 0 unspecified atom stereocenters. The summed E-state index contributed by atoms with van der Waals surface area (Å²) in [6.45, 7) is 4.12. The van der Waals surface area contributed by atoms with Gasteiger partial charge in [0, 0.05) is 31.2 Å². The van der Waals surface area contributed by atoms with Gasteiger partial charge in [-0.3, -0.25) is 19.3 Å². The zero-order valence-electron chi connectivity index (χ0n) is 18.0. The van der Waals surface area contributed by atoms with Crippen molar-refractivity contribution in [1.29, 1.82) is 0 Å². The van der Waals surface area contributed by atoms with Crippen LogP contribution in [0.3, 0.4) is 0 Å². The van der Waals surface area contributed by atoms with E-state index in [9.17, 15) is 23.9 Å². The molecular weight excluding hydrogens is 413 g/mol. The van der Waals surface area contributed by atoms with Crippen LogP contribution in [0.15, 0.2) is 35.3 Å². The second-order valence-electron chi connectivity index (χ2n) is 9.29. The van der Waals surface area contributed by atoms with Crippen LogP contribution in [0.1, 0.15) is 59.0 Å². The molecule has 2 fully saturated rings. The van der Waals surface area contributed by atoms with Gasteiger partial charge in [0.05, 0.1) is 12.1 Å². The summed E-state index contributed by atoms with van der Waals surface area (Å²) in [6, 6.07) is 5.85. The van der Waals surface area contributed by atoms with Crippen molar-refractivity contribution in [2.75, 3.05) is 13.1 Å². The first-order valence-corrected chi connectivity index (χ1v) is 11.1. The SMILES string of the molecule is C[C@@]12CCCN1[C@@H]1Cn3cc(C(=O)CCc4ccc(F)cc4)c(=O)c(O)c3C(=O)N1CC2. The third-order valence-electron chi connectivity index (χ3n) is 7.35. The normalized spacial score (nSPS) is 24.8. The lowest BCUT2D eigenvalue weighted by atomic mass is 9.90. The van der Waals surface area contributed by atoms with E-state index < -0.39 is 17.0 Å². The first-order valence-electron chi connectivity index (χ1n) is 11.1. The predicted octanol–water partition coefficient (Wildman–Crippen LogP) is 2.55. The van der Waals surface area contributed by atoms with Gasteiger partial charge in [-0.2, -0.15) is 0 Å². The molecule has 32 heavy (non-hydrogen) atoms. The molecule has 2 aromatic rings. The number of pyridine rings is 1. The van der Waals surface area contributed by atoms with Gasteiger partial charge in [0.15, 0.2) is 17.2 Å². The number of aromatic nitrogens is 1. The molecule has 7 nitrogen and oxygen atoms in total. The van der Waals surface area contributed by atoms with E-state index in [1.54, 1.807) is 21.6 Å². The van der Waals surface area contributed by atoms with Gasteiger partial charge >= 0.3 is 0 Å². The molecule has 8 heteroatoms. The molecule has 2 atom stereocenters. The highest BCUT2D eigenvalue weighted by molar-refractivity contribution is 6.00. The molecule has 0 aliphatic carbocycles. The third-order valence-corrected chi connectivity index (χ3v) is 7.35. The monoisotopic (exact) mass is 439 g/mol. The first-order chi connectivity index (χ1) is 15.3. The van der Waals surface area contributed by atoms with E-state index >= 15 is 0 Å². The van der Waals surface area contributed by atoms with Gasteiger partial charge in [0.25, 0.3) is 5.91 Å². The summed E-state index contributed by atoms with van der Waals surface area (Å²) in [4.78, 5) is 42.9. The molecule has 2 saturated heterocycles. The smallest absolute Gasteiger partial charge is 0.275 e. The lowest BCUT2D eigenvalue weighted by Gasteiger charge is -2.53. The minimum atomic E-state index is -0.810. The third kappa shape index (κ3) is 3.24. The number of amides is 1. The quantitative estimate of drug-likeness (QED) is 0.741. The van der Waals surface area contributed by atoms with E-state index in [0.29, 0.717) is 19.5 Å². The molecule has 3 aliphatic rings. The van der Waals surface area contributed by atoms with Crippen molar-refractivity contribution in [3.63, 3.8) is 0 Å². The Labute approximate surface area is 185 Å². The molecule has 3 aliphatic heterocycles. The number of hydrogen-bond donors (Lipinski definition) is 1. The second-order valence-corrected chi connectivity index (χ2v) is 9.29. The summed E-state index contributed by atoms with van der Waals surface area (Å²) in [5.41, 5.74) is -0.134. The second kappa shape index (κ2) is 7.55. The van der Waals surface area contributed by atoms with Crippen LogP contribution >= 0.6 is 0 Å². The summed E-state index contributed by atoms with van der Waals surface area (Å²) in [5, 5.41) is 10.6. The average molecular weight is 439 g/mol. The number of carbonyl (C=O) groups is 2. The van der Waals surface area contributed by atoms with Crippen molar-refractivity contribution >= 4 is 11.7 Å². The van der Waals surface area contributed by atoms with Gasteiger partial charge in [-0.15, -0.1) is 0 Å². The maximum Gasteiger partial charge on any atom is 0.275 e. The number of benzene rings is 1. The highest BCUT2D eigenvalue weighted by Gasteiger charge is 2.50. The largest absolute Gasteiger partial charge is 0.503 e. The molecular formula is C24H26FN3O4. The number of aromatic hydroxyl groups is 1.